The van der Waals surface area contributed by atoms with Crippen molar-refractivity contribution in [2.75, 3.05) is 43.0 Å². The van der Waals surface area contributed by atoms with E-state index in [1.165, 1.54) is 6.42 Å². The fourth-order valence-electron chi connectivity index (χ4n) is 4.26. The number of rotatable bonds is 9. The van der Waals surface area contributed by atoms with Gasteiger partial charge in [0.25, 0.3) is 0 Å². The van der Waals surface area contributed by atoms with Crippen LogP contribution in [0.2, 0.25) is 5.28 Å². The van der Waals surface area contributed by atoms with E-state index in [4.69, 9.17) is 16.7 Å². The van der Waals surface area contributed by atoms with Gasteiger partial charge < -0.3 is 15.3 Å². The van der Waals surface area contributed by atoms with E-state index in [9.17, 15) is 9.59 Å². The van der Waals surface area contributed by atoms with Crippen LogP contribution in [-0.4, -0.2) is 70.7 Å². The summed E-state index contributed by atoms with van der Waals surface area (Å²) in [6.07, 6.45) is 4.33. The van der Waals surface area contributed by atoms with Crippen LogP contribution >= 0.6 is 11.6 Å². The Morgan fingerprint density at radius 2 is 2.09 bits per heavy atom. The molecule has 178 valence electrons. The first kappa shape index (κ1) is 24.2. The number of anilines is 2. The second-order valence-electron chi connectivity index (χ2n) is 8.25. The monoisotopic (exact) mass is 471 g/mol. The lowest BCUT2D eigenvalue weighted by Crippen LogP contribution is -2.55. The predicted octanol–water partition coefficient (Wildman–Crippen LogP) is 2.46. The number of carboxylic acid groups (broad SMARTS) is 1. The van der Waals surface area contributed by atoms with E-state index in [0.29, 0.717) is 25.6 Å². The summed E-state index contributed by atoms with van der Waals surface area (Å²) in [5, 5.41) is 10.9. The molecule has 2 atom stereocenters. The molecule has 2 saturated heterocycles. The molecule has 1 aromatic heterocycles. The molecule has 1 aromatic rings. The van der Waals surface area contributed by atoms with Crippen LogP contribution in [0, 0.1) is 11.7 Å². The lowest BCUT2D eigenvalue weighted by Gasteiger charge is -2.44. The largest absolute Gasteiger partial charge is 0.465 e. The van der Waals surface area contributed by atoms with Crippen LogP contribution in [0.4, 0.5) is 20.8 Å². The van der Waals surface area contributed by atoms with Gasteiger partial charge in [0.1, 0.15) is 0 Å². The number of hydrogen-bond donors (Lipinski definition) is 4. The number of piperazine rings is 1. The summed E-state index contributed by atoms with van der Waals surface area (Å²) in [5.74, 6) is -1.86. The smallest absolute Gasteiger partial charge is 0.404 e. The molecule has 12 heteroatoms. The zero-order valence-electron chi connectivity index (χ0n) is 18.2. The molecule has 10 nitrogen and oxygen atoms in total. The normalized spacial score (nSPS) is 19.7. The minimum Gasteiger partial charge on any atom is -0.465 e. The summed E-state index contributed by atoms with van der Waals surface area (Å²) in [7, 11) is 0. The number of unbranched alkanes of at least 4 members (excludes halogenated alkanes) is 1. The van der Waals surface area contributed by atoms with Crippen molar-refractivity contribution in [1.82, 2.24) is 25.6 Å². The number of hydrazine groups is 1. The van der Waals surface area contributed by atoms with Gasteiger partial charge >= 0.3 is 6.09 Å². The number of nitrogens with zero attached hydrogens (tertiary/aromatic N) is 4. The van der Waals surface area contributed by atoms with Crippen LogP contribution in [0.3, 0.4) is 0 Å². The Bertz CT molecular complexity index is 816. The highest BCUT2D eigenvalue weighted by atomic mass is 35.5. The van der Waals surface area contributed by atoms with Crippen LogP contribution in [0.15, 0.2) is 0 Å². The minimum absolute atomic E-state index is 0.0349. The fourth-order valence-corrected chi connectivity index (χ4v) is 4.42. The van der Waals surface area contributed by atoms with Gasteiger partial charge in [0.15, 0.2) is 11.6 Å². The molecule has 0 unspecified atom stereocenters. The van der Waals surface area contributed by atoms with Crippen LogP contribution in [0.1, 0.15) is 45.4 Å². The Morgan fingerprint density at radius 1 is 1.28 bits per heavy atom. The SMILES string of the molecule is CCCC[C@H](CNC(=O)O)C(=O)NNc1nc(Cl)nc(N2CCN3CCCC[C@@H]3C2)c1F. The Kier molecular flexibility index (Phi) is 8.68. The second-order valence-corrected chi connectivity index (χ2v) is 8.59. The van der Waals surface area contributed by atoms with Gasteiger partial charge in [-0.15, -0.1) is 0 Å². The molecule has 2 aliphatic rings. The van der Waals surface area contributed by atoms with Gasteiger partial charge in [-0.2, -0.15) is 14.4 Å². The van der Waals surface area contributed by atoms with E-state index in [1.54, 1.807) is 0 Å². The Labute approximate surface area is 191 Å². The van der Waals surface area contributed by atoms with Gasteiger partial charge in [-0.25, -0.2) is 4.79 Å². The van der Waals surface area contributed by atoms with Gasteiger partial charge in [0.05, 0.1) is 5.92 Å². The molecule has 32 heavy (non-hydrogen) atoms. The number of halogens is 2. The molecular weight excluding hydrogens is 441 g/mol. The average molecular weight is 472 g/mol. The molecule has 2 aliphatic heterocycles. The van der Waals surface area contributed by atoms with Crippen molar-refractivity contribution < 1.29 is 19.1 Å². The third-order valence-corrected chi connectivity index (χ3v) is 6.19. The van der Waals surface area contributed by atoms with Crippen molar-refractivity contribution in [2.24, 2.45) is 5.92 Å². The molecule has 3 heterocycles. The number of carbonyl (C=O) groups excluding carboxylic acids is 1. The fraction of sp³-hybridized carbons (Fsp3) is 0.700. The summed E-state index contributed by atoms with van der Waals surface area (Å²) in [6.45, 7) is 5.14. The molecule has 0 saturated carbocycles. The second kappa shape index (κ2) is 11.5. The highest BCUT2D eigenvalue weighted by Gasteiger charge is 2.31. The summed E-state index contributed by atoms with van der Waals surface area (Å²) >= 11 is 6.06. The standard InChI is InChI=1S/C20H31ClFN7O3/c1-2-3-6-13(11-23-20(31)32)18(30)27-26-16-15(22)17(25-19(21)24-16)29-10-9-28-8-5-4-7-14(28)12-29/h13-14,23H,2-12H2,1H3,(H,27,30)(H,31,32)(H,24,25,26)/t13-,14-/m1/s1. The first-order valence-electron chi connectivity index (χ1n) is 11.1. The molecule has 0 aliphatic carbocycles. The first-order valence-corrected chi connectivity index (χ1v) is 11.5. The lowest BCUT2D eigenvalue weighted by molar-refractivity contribution is -0.124. The van der Waals surface area contributed by atoms with Crippen molar-refractivity contribution in [3.63, 3.8) is 0 Å². The number of hydrogen-bond acceptors (Lipinski definition) is 7. The molecule has 3 rings (SSSR count). The zero-order chi connectivity index (χ0) is 23.1. The zero-order valence-corrected chi connectivity index (χ0v) is 19.0. The summed E-state index contributed by atoms with van der Waals surface area (Å²) in [4.78, 5) is 35.6. The number of aromatic nitrogens is 2. The molecule has 2 amide bonds. The van der Waals surface area contributed by atoms with Gasteiger partial charge in [0.2, 0.25) is 17.0 Å². The van der Waals surface area contributed by atoms with Crippen LogP contribution in [0.5, 0.6) is 0 Å². The number of fused-ring (bicyclic) bond motifs is 1. The number of amides is 2. The molecule has 0 spiro atoms. The third-order valence-electron chi connectivity index (χ3n) is 6.02. The maximum atomic E-state index is 15.2. The minimum atomic E-state index is -1.21. The van der Waals surface area contributed by atoms with Crippen LogP contribution < -0.4 is 21.1 Å². The quantitative estimate of drug-likeness (QED) is 0.320. The molecule has 4 N–H and O–H groups in total. The van der Waals surface area contributed by atoms with E-state index in [0.717, 1.165) is 38.8 Å². The van der Waals surface area contributed by atoms with Crippen LogP contribution in [-0.2, 0) is 4.79 Å². The molecule has 0 radical (unpaired) electrons. The maximum absolute atomic E-state index is 15.2. The molecule has 2 fully saturated rings. The van der Waals surface area contributed by atoms with Gasteiger partial charge in [0, 0.05) is 32.2 Å². The van der Waals surface area contributed by atoms with Crippen molar-refractivity contribution >= 4 is 35.2 Å². The number of piperidine rings is 1. The van der Waals surface area contributed by atoms with Gasteiger partial charge in [-0.3, -0.25) is 20.5 Å². The summed E-state index contributed by atoms with van der Waals surface area (Å²) in [6, 6.07) is 0.364. The number of nitrogens with one attached hydrogen (secondary N) is 3. The van der Waals surface area contributed by atoms with Crippen LogP contribution in [0.25, 0.3) is 0 Å². The molecule has 0 aromatic carbocycles. The highest BCUT2D eigenvalue weighted by molar-refractivity contribution is 6.28. The van der Waals surface area contributed by atoms with Crippen molar-refractivity contribution in [3.8, 4) is 0 Å². The topological polar surface area (TPSA) is 123 Å². The third kappa shape index (κ3) is 6.32. The van der Waals surface area contributed by atoms with Gasteiger partial charge in [-0.1, -0.05) is 26.2 Å². The summed E-state index contributed by atoms with van der Waals surface area (Å²) < 4.78 is 15.2. The maximum Gasteiger partial charge on any atom is 0.404 e. The van der Waals surface area contributed by atoms with Crippen molar-refractivity contribution in [1.29, 1.82) is 0 Å². The van der Waals surface area contributed by atoms with E-state index in [-0.39, 0.29) is 23.5 Å². The van der Waals surface area contributed by atoms with Crippen molar-refractivity contribution in [3.05, 3.63) is 11.1 Å². The lowest BCUT2D eigenvalue weighted by atomic mass is 9.99. The average Bonchev–Trinajstić information content (AvgIpc) is 2.78. The molecule has 0 bridgehead atoms. The number of carbonyl (C=O) groups is 2. The van der Waals surface area contributed by atoms with E-state index >= 15 is 4.39 Å². The Balaban J connectivity index is 1.66. The highest BCUT2D eigenvalue weighted by Crippen LogP contribution is 2.28. The Hall–Kier alpha value is -2.40. The van der Waals surface area contributed by atoms with E-state index < -0.39 is 23.7 Å². The predicted molar refractivity (Wildman–Crippen MR) is 119 cm³/mol. The van der Waals surface area contributed by atoms with E-state index in [1.807, 2.05) is 11.8 Å². The van der Waals surface area contributed by atoms with Crippen molar-refractivity contribution in [2.45, 2.75) is 51.5 Å². The van der Waals surface area contributed by atoms with Gasteiger partial charge in [-0.05, 0) is 37.4 Å². The Morgan fingerprint density at radius 3 is 2.84 bits per heavy atom. The molecular formula is C20H31ClFN7O3. The first-order chi connectivity index (χ1) is 15.4. The van der Waals surface area contributed by atoms with E-state index in [2.05, 4.69) is 31.0 Å². The summed E-state index contributed by atoms with van der Waals surface area (Å²) in [5.41, 5.74) is 4.95.